The second kappa shape index (κ2) is 3.62. The summed E-state index contributed by atoms with van der Waals surface area (Å²) in [7, 11) is 0. The van der Waals surface area contributed by atoms with Crippen LogP contribution in [0, 0.1) is 6.07 Å². The lowest BCUT2D eigenvalue weighted by Gasteiger charge is -2.31. The van der Waals surface area contributed by atoms with Crippen LogP contribution in [0.1, 0.15) is 5.69 Å². The van der Waals surface area contributed by atoms with Crippen molar-refractivity contribution in [3.63, 3.8) is 0 Å². The van der Waals surface area contributed by atoms with Gasteiger partial charge in [0.2, 0.25) is 0 Å². The van der Waals surface area contributed by atoms with E-state index in [0.717, 1.165) is 6.07 Å². The smallest absolute Gasteiger partial charge is 0.368 e. The van der Waals surface area contributed by atoms with Crippen LogP contribution >= 0.6 is 0 Å². The van der Waals surface area contributed by atoms with Crippen molar-refractivity contribution in [2.75, 3.05) is 0 Å². The molecule has 8 heteroatoms. The largest absolute Gasteiger partial charge is 0.432 e. The summed E-state index contributed by atoms with van der Waals surface area (Å²) in [6.07, 6.45) is -11.1. The van der Waals surface area contributed by atoms with Crippen LogP contribution in [0.15, 0.2) is 18.3 Å². The van der Waals surface area contributed by atoms with E-state index >= 15 is 0 Å². The van der Waals surface area contributed by atoms with E-state index in [1.165, 1.54) is 0 Å². The van der Waals surface area contributed by atoms with E-state index in [1.54, 1.807) is 0 Å². The second-order valence-electron chi connectivity index (χ2n) is 2.85. The summed E-state index contributed by atoms with van der Waals surface area (Å²) in [5, 5.41) is 8.82. The van der Waals surface area contributed by atoms with Crippen LogP contribution in [0.25, 0.3) is 0 Å². The van der Waals surface area contributed by atoms with Crippen LogP contribution in [0.2, 0.25) is 0 Å². The first kappa shape index (κ1) is 12.8. The van der Waals surface area contributed by atoms with Gasteiger partial charge in [-0.3, -0.25) is 4.98 Å². The van der Waals surface area contributed by atoms with Crippen molar-refractivity contribution in [2.45, 2.75) is 18.0 Å². The maximum absolute atomic E-state index is 12.3. The fourth-order valence-corrected chi connectivity index (χ4v) is 0.974. The molecule has 0 saturated heterocycles. The number of aliphatic hydroxyl groups is 1. The average Bonchev–Trinajstić information content (AvgIpc) is 2.14. The first-order chi connectivity index (χ1) is 7.11. The van der Waals surface area contributed by atoms with Crippen LogP contribution in [-0.4, -0.2) is 22.4 Å². The molecule has 1 radical (unpaired) electrons. The summed E-state index contributed by atoms with van der Waals surface area (Å²) in [5.41, 5.74) is -6.53. The van der Waals surface area contributed by atoms with Gasteiger partial charge in [0.15, 0.2) is 0 Å². The lowest BCUT2D eigenvalue weighted by atomic mass is 9.97. The normalized spacial score (nSPS) is 13.9. The van der Waals surface area contributed by atoms with Crippen molar-refractivity contribution < 1.29 is 31.4 Å². The predicted octanol–water partition coefficient (Wildman–Crippen LogP) is 2.19. The highest BCUT2D eigenvalue weighted by atomic mass is 19.4. The van der Waals surface area contributed by atoms with Gasteiger partial charge in [-0.2, -0.15) is 26.3 Å². The quantitative estimate of drug-likeness (QED) is 0.768. The number of rotatable bonds is 1. The molecule has 1 N–H and O–H groups in total. The molecule has 0 atom stereocenters. The third-order valence-electron chi connectivity index (χ3n) is 1.80. The Balaban J connectivity index is 3.39. The van der Waals surface area contributed by atoms with Crippen molar-refractivity contribution >= 4 is 0 Å². The Labute approximate surface area is 85.5 Å². The average molecular weight is 244 g/mol. The number of hydrogen-bond donors (Lipinski definition) is 1. The van der Waals surface area contributed by atoms with Gasteiger partial charge < -0.3 is 5.11 Å². The summed E-state index contributed by atoms with van der Waals surface area (Å²) in [6.45, 7) is 0. The summed E-state index contributed by atoms with van der Waals surface area (Å²) >= 11 is 0. The van der Waals surface area contributed by atoms with E-state index in [2.05, 4.69) is 4.98 Å². The minimum Gasteiger partial charge on any atom is -0.368 e. The highest BCUT2D eigenvalue weighted by Crippen LogP contribution is 2.49. The van der Waals surface area contributed by atoms with Gasteiger partial charge >= 0.3 is 12.4 Å². The molecule has 0 aliphatic rings. The number of halogens is 6. The first-order valence-electron chi connectivity index (χ1n) is 3.79. The molecule has 0 spiro atoms. The molecule has 0 bridgehead atoms. The van der Waals surface area contributed by atoms with Gasteiger partial charge in [0.05, 0.1) is 5.69 Å². The zero-order valence-corrected chi connectivity index (χ0v) is 7.39. The molecule has 2 nitrogen and oxygen atoms in total. The minimum absolute atomic E-state index is 0.334. The lowest BCUT2D eigenvalue weighted by Crippen LogP contribution is -2.54. The molecule has 1 heterocycles. The van der Waals surface area contributed by atoms with E-state index in [1.807, 2.05) is 6.07 Å². The molecule has 16 heavy (non-hydrogen) atoms. The molecule has 0 aliphatic heterocycles. The van der Waals surface area contributed by atoms with Crippen molar-refractivity contribution in [3.8, 4) is 0 Å². The summed E-state index contributed by atoms with van der Waals surface area (Å²) in [5.74, 6) is 0. The summed E-state index contributed by atoms with van der Waals surface area (Å²) < 4.78 is 73.6. The minimum atomic E-state index is -5.91. The van der Waals surface area contributed by atoms with Crippen molar-refractivity contribution in [3.05, 3.63) is 30.1 Å². The zero-order valence-electron chi connectivity index (χ0n) is 7.39. The SMILES string of the molecule is OC(c1c[c]ccn1)(C(F)(F)F)C(F)(F)F. The Bertz CT molecular complexity index is 343. The van der Waals surface area contributed by atoms with Gasteiger partial charge in [0.25, 0.3) is 5.60 Å². The van der Waals surface area contributed by atoms with E-state index in [-0.39, 0.29) is 0 Å². The molecular formula is C8H4F6NO. The van der Waals surface area contributed by atoms with Crippen molar-refractivity contribution in [1.82, 2.24) is 4.98 Å². The fraction of sp³-hybridized carbons (Fsp3) is 0.375. The molecule has 1 rings (SSSR count). The Hall–Kier alpha value is -1.31. The molecule has 89 valence electrons. The van der Waals surface area contributed by atoms with Crippen LogP contribution in [0.5, 0.6) is 0 Å². The molecular weight excluding hydrogens is 240 g/mol. The van der Waals surface area contributed by atoms with Crippen LogP contribution < -0.4 is 0 Å². The summed E-state index contributed by atoms with van der Waals surface area (Å²) in [6, 6.07) is 3.33. The fourth-order valence-electron chi connectivity index (χ4n) is 0.974. The Kier molecular flexibility index (Phi) is 2.88. The third-order valence-corrected chi connectivity index (χ3v) is 1.80. The standard InChI is InChI=1S/C8H4F6NO/c9-7(10,11)6(16,8(12,13)14)5-3-1-2-4-15-5/h2-4,16H. The van der Waals surface area contributed by atoms with Crippen molar-refractivity contribution in [1.29, 1.82) is 0 Å². The van der Waals surface area contributed by atoms with Gasteiger partial charge in [-0.15, -0.1) is 0 Å². The highest BCUT2D eigenvalue weighted by Gasteiger charge is 2.72. The maximum Gasteiger partial charge on any atom is 0.432 e. The molecule has 0 aliphatic carbocycles. The van der Waals surface area contributed by atoms with Crippen LogP contribution in [-0.2, 0) is 5.60 Å². The number of aromatic nitrogens is 1. The topological polar surface area (TPSA) is 33.1 Å². The molecule has 0 saturated carbocycles. The maximum atomic E-state index is 12.3. The van der Waals surface area contributed by atoms with Gasteiger partial charge in [-0.1, -0.05) is 0 Å². The van der Waals surface area contributed by atoms with Gasteiger partial charge in [0.1, 0.15) is 0 Å². The molecule has 1 aromatic heterocycles. The van der Waals surface area contributed by atoms with Crippen molar-refractivity contribution in [2.24, 2.45) is 0 Å². The number of hydrogen-bond acceptors (Lipinski definition) is 2. The van der Waals surface area contributed by atoms with Crippen LogP contribution in [0.4, 0.5) is 26.3 Å². The number of pyridine rings is 1. The van der Waals surface area contributed by atoms with Crippen LogP contribution in [0.3, 0.4) is 0 Å². The summed E-state index contributed by atoms with van der Waals surface area (Å²) in [4.78, 5) is 2.86. The Morgan fingerprint density at radius 2 is 1.56 bits per heavy atom. The number of nitrogens with zero attached hydrogens (tertiary/aromatic N) is 1. The predicted molar refractivity (Wildman–Crippen MR) is 39.1 cm³/mol. The molecule has 1 aromatic rings. The van der Waals surface area contributed by atoms with E-state index in [0.29, 0.717) is 12.3 Å². The first-order valence-corrected chi connectivity index (χ1v) is 3.79. The molecule has 0 unspecified atom stereocenters. The van der Waals surface area contributed by atoms with E-state index < -0.39 is 23.6 Å². The monoisotopic (exact) mass is 244 g/mol. The van der Waals surface area contributed by atoms with E-state index in [4.69, 9.17) is 5.11 Å². The van der Waals surface area contributed by atoms with Gasteiger partial charge in [-0.25, -0.2) is 0 Å². The third kappa shape index (κ3) is 1.84. The Morgan fingerprint density at radius 1 is 1.06 bits per heavy atom. The second-order valence-corrected chi connectivity index (χ2v) is 2.85. The highest BCUT2D eigenvalue weighted by molar-refractivity contribution is 5.17. The zero-order chi connectivity index (χ0) is 12.6. The lowest BCUT2D eigenvalue weighted by molar-refractivity contribution is -0.377. The van der Waals surface area contributed by atoms with E-state index in [9.17, 15) is 26.3 Å². The molecule has 0 amide bonds. The molecule has 0 aromatic carbocycles. The Morgan fingerprint density at radius 3 is 1.88 bits per heavy atom. The van der Waals surface area contributed by atoms with Gasteiger partial charge in [-0.05, 0) is 18.2 Å². The van der Waals surface area contributed by atoms with Gasteiger partial charge in [0, 0.05) is 6.20 Å². The molecule has 0 fully saturated rings. The number of alkyl halides is 6.